The van der Waals surface area contributed by atoms with Gasteiger partial charge in [0.25, 0.3) is 0 Å². The van der Waals surface area contributed by atoms with Crippen LogP contribution in [0.3, 0.4) is 0 Å². The first-order valence-electron chi connectivity index (χ1n) is 7.37. The Morgan fingerprint density at radius 3 is 2.62 bits per heavy atom. The number of carbonyl (C=O) groups is 1. The minimum Gasteiger partial charge on any atom is -0.373 e. The van der Waals surface area contributed by atoms with Crippen LogP contribution in [0.1, 0.15) is 32.4 Å². The zero-order valence-corrected chi connectivity index (χ0v) is 13.6. The maximum atomic E-state index is 12.2. The number of halogens is 1. The van der Waals surface area contributed by atoms with Crippen molar-refractivity contribution in [1.29, 1.82) is 0 Å². The third-order valence-electron chi connectivity index (χ3n) is 3.61. The van der Waals surface area contributed by atoms with Crippen LogP contribution in [-0.4, -0.2) is 42.6 Å². The molecule has 0 spiro atoms. The Kier molecular flexibility index (Phi) is 5.62. The first-order valence-corrected chi connectivity index (χ1v) is 7.75. The molecule has 1 aromatic rings. The van der Waals surface area contributed by atoms with Crippen LogP contribution in [0.25, 0.3) is 0 Å². The number of morpholine rings is 1. The van der Waals surface area contributed by atoms with E-state index in [0.29, 0.717) is 11.6 Å². The topological polar surface area (TPSA) is 41.6 Å². The Morgan fingerprint density at radius 2 is 2.00 bits per heavy atom. The van der Waals surface area contributed by atoms with E-state index in [1.807, 2.05) is 45.0 Å². The lowest BCUT2D eigenvalue weighted by Gasteiger charge is -2.35. The SMILES string of the molecule is CC1CN(CC(=O)NC(C)c2ccccc2Cl)CC(C)O1. The standard InChI is InChI=1S/C16H23ClN2O2/c1-11-8-19(9-12(2)21-11)10-16(20)18-13(3)14-6-4-5-7-15(14)17/h4-7,11-13H,8-10H2,1-3H3,(H,18,20). The Bertz CT molecular complexity index is 485. The van der Waals surface area contributed by atoms with Gasteiger partial charge in [-0.15, -0.1) is 0 Å². The Hall–Kier alpha value is -1.10. The average molecular weight is 311 g/mol. The number of nitrogens with one attached hydrogen (secondary N) is 1. The van der Waals surface area contributed by atoms with Crippen molar-refractivity contribution in [2.45, 2.75) is 39.0 Å². The molecule has 1 fully saturated rings. The fraction of sp³-hybridized carbons (Fsp3) is 0.562. The van der Waals surface area contributed by atoms with Crippen LogP contribution < -0.4 is 5.32 Å². The molecular weight excluding hydrogens is 288 g/mol. The molecule has 3 atom stereocenters. The lowest BCUT2D eigenvalue weighted by Crippen LogP contribution is -2.49. The second kappa shape index (κ2) is 7.25. The highest BCUT2D eigenvalue weighted by Gasteiger charge is 2.24. The van der Waals surface area contributed by atoms with E-state index in [2.05, 4.69) is 10.2 Å². The number of hydrogen-bond donors (Lipinski definition) is 1. The summed E-state index contributed by atoms with van der Waals surface area (Å²) in [5, 5.41) is 3.69. The quantitative estimate of drug-likeness (QED) is 0.929. The predicted molar refractivity (Wildman–Crippen MR) is 84.5 cm³/mol. The second-order valence-electron chi connectivity index (χ2n) is 5.76. The summed E-state index contributed by atoms with van der Waals surface area (Å²) in [5.74, 6) is 0.0173. The Labute approximate surface area is 131 Å². The fourth-order valence-electron chi connectivity index (χ4n) is 2.81. The molecule has 0 radical (unpaired) electrons. The summed E-state index contributed by atoms with van der Waals surface area (Å²) in [5.41, 5.74) is 0.941. The van der Waals surface area contributed by atoms with Crippen molar-refractivity contribution in [3.05, 3.63) is 34.9 Å². The van der Waals surface area contributed by atoms with Gasteiger partial charge in [-0.05, 0) is 32.4 Å². The minimum atomic E-state index is -0.0953. The molecule has 21 heavy (non-hydrogen) atoms. The van der Waals surface area contributed by atoms with E-state index in [-0.39, 0.29) is 24.2 Å². The van der Waals surface area contributed by atoms with E-state index < -0.39 is 0 Å². The summed E-state index contributed by atoms with van der Waals surface area (Å²) in [7, 11) is 0. The smallest absolute Gasteiger partial charge is 0.234 e. The van der Waals surface area contributed by atoms with E-state index in [4.69, 9.17) is 16.3 Å². The molecule has 0 aromatic heterocycles. The zero-order chi connectivity index (χ0) is 15.4. The van der Waals surface area contributed by atoms with Gasteiger partial charge in [-0.25, -0.2) is 0 Å². The van der Waals surface area contributed by atoms with Crippen LogP contribution in [-0.2, 0) is 9.53 Å². The molecule has 1 aliphatic heterocycles. The van der Waals surface area contributed by atoms with E-state index in [9.17, 15) is 4.79 Å². The second-order valence-corrected chi connectivity index (χ2v) is 6.17. The molecular formula is C16H23ClN2O2. The van der Waals surface area contributed by atoms with Gasteiger partial charge in [-0.3, -0.25) is 9.69 Å². The Balaban J connectivity index is 1.88. The van der Waals surface area contributed by atoms with Crippen molar-refractivity contribution in [3.8, 4) is 0 Å². The van der Waals surface area contributed by atoms with Crippen molar-refractivity contribution >= 4 is 17.5 Å². The number of ether oxygens (including phenoxy) is 1. The molecule has 1 heterocycles. The number of nitrogens with zero attached hydrogens (tertiary/aromatic N) is 1. The fourth-order valence-corrected chi connectivity index (χ4v) is 3.11. The molecule has 2 rings (SSSR count). The maximum Gasteiger partial charge on any atom is 0.234 e. The highest BCUT2D eigenvalue weighted by molar-refractivity contribution is 6.31. The van der Waals surface area contributed by atoms with Crippen molar-refractivity contribution in [1.82, 2.24) is 10.2 Å². The third-order valence-corrected chi connectivity index (χ3v) is 3.96. The van der Waals surface area contributed by atoms with E-state index in [1.54, 1.807) is 0 Å². The molecule has 0 saturated carbocycles. The molecule has 0 aliphatic carbocycles. The van der Waals surface area contributed by atoms with Gasteiger partial charge in [0.05, 0.1) is 24.8 Å². The highest BCUT2D eigenvalue weighted by atomic mass is 35.5. The van der Waals surface area contributed by atoms with Gasteiger partial charge in [0, 0.05) is 18.1 Å². The van der Waals surface area contributed by atoms with E-state index >= 15 is 0 Å². The summed E-state index contributed by atoms with van der Waals surface area (Å²) in [4.78, 5) is 14.3. The number of amides is 1. The van der Waals surface area contributed by atoms with Gasteiger partial charge < -0.3 is 10.1 Å². The first kappa shape index (κ1) is 16.3. The maximum absolute atomic E-state index is 12.2. The molecule has 0 bridgehead atoms. The average Bonchev–Trinajstić information content (AvgIpc) is 2.37. The van der Waals surface area contributed by atoms with Gasteiger partial charge in [0.15, 0.2) is 0 Å². The van der Waals surface area contributed by atoms with Crippen LogP contribution in [0.2, 0.25) is 5.02 Å². The lowest BCUT2D eigenvalue weighted by molar-refractivity contribution is -0.126. The molecule has 1 saturated heterocycles. The van der Waals surface area contributed by atoms with Crippen LogP contribution in [0.5, 0.6) is 0 Å². The van der Waals surface area contributed by atoms with Gasteiger partial charge in [0.1, 0.15) is 0 Å². The molecule has 1 amide bonds. The van der Waals surface area contributed by atoms with Crippen LogP contribution in [0.4, 0.5) is 0 Å². The number of rotatable bonds is 4. The Morgan fingerprint density at radius 1 is 1.38 bits per heavy atom. The molecule has 5 heteroatoms. The number of hydrogen-bond acceptors (Lipinski definition) is 3. The van der Waals surface area contributed by atoms with Crippen LogP contribution in [0, 0.1) is 0 Å². The summed E-state index contributed by atoms with van der Waals surface area (Å²) >= 11 is 6.15. The van der Waals surface area contributed by atoms with Crippen molar-refractivity contribution < 1.29 is 9.53 Å². The van der Waals surface area contributed by atoms with Crippen molar-refractivity contribution in [2.24, 2.45) is 0 Å². The summed E-state index contributed by atoms with van der Waals surface area (Å²) < 4.78 is 5.67. The van der Waals surface area contributed by atoms with Crippen molar-refractivity contribution in [2.75, 3.05) is 19.6 Å². The van der Waals surface area contributed by atoms with Gasteiger partial charge in [0.2, 0.25) is 5.91 Å². The van der Waals surface area contributed by atoms with E-state index in [0.717, 1.165) is 18.7 Å². The van der Waals surface area contributed by atoms with Gasteiger partial charge in [-0.2, -0.15) is 0 Å². The molecule has 3 unspecified atom stereocenters. The minimum absolute atomic E-state index is 0.0173. The lowest BCUT2D eigenvalue weighted by atomic mass is 10.1. The predicted octanol–water partition coefficient (Wildman–Crippen LogP) is 2.63. The zero-order valence-electron chi connectivity index (χ0n) is 12.8. The van der Waals surface area contributed by atoms with Crippen molar-refractivity contribution in [3.63, 3.8) is 0 Å². The largest absolute Gasteiger partial charge is 0.373 e. The summed E-state index contributed by atoms with van der Waals surface area (Å²) in [6.45, 7) is 7.99. The number of benzene rings is 1. The number of carbonyl (C=O) groups excluding carboxylic acids is 1. The summed E-state index contributed by atoms with van der Waals surface area (Å²) in [6.07, 6.45) is 0.338. The third kappa shape index (κ3) is 4.70. The highest BCUT2D eigenvalue weighted by Crippen LogP contribution is 2.22. The van der Waals surface area contributed by atoms with Crippen LogP contribution in [0.15, 0.2) is 24.3 Å². The molecule has 1 aromatic carbocycles. The molecule has 1 N–H and O–H groups in total. The van der Waals surface area contributed by atoms with Gasteiger partial charge in [-0.1, -0.05) is 29.8 Å². The summed E-state index contributed by atoms with van der Waals surface area (Å²) in [6, 6.07) is 7.49. The van der Waals surface area contributed by atoms with E-state index in [1.165, 1.54) is 0 Å². The molecule has 116 valence electrons. The normalized spacial score (nSPS) is 24.6. The first-order chi connectivity index (χ1) is 9.95. The monoisotopic (exact) mass is 310 g/mol. The molecule has 4 nitrogen and oxygen atoms in total. The van der Waals surface area contributed by atoms with Crippen LogP contribution >= 0.6 is 11.6 Å². The van der Waals surface area contributed by atoms with Gasteiger partial charge >= 0.3 is 0 Å². The molecule has 1 aliphatic rings.